The van der Waals surface area contributed by atoms with E-state index in [1.807, 2.05) is 18.2 Å². The highest BCUT2D eigenvalue weighted by Crippen LogP contribution is 2.34. The van der Waals surface area contributed by atoms with Gasteiger partial charge in [0, 0.05) is 28.9 Å². The number of aromatic carboxylic acids is 1. The molecule has 8 nitrogen and oxygen atoms in total. The van der Waals surface area contributed by atoms with Gasteiger partial charge in [0.25, 0.3) is 0 Å². The average molecular weight is 417 g/mol. The quantitative estimate of drug-likeness (QED) is 0.357. The van der Waals surface area contributed by atoms with Gasteiger partial charge in [0.05, 0.1) is 24.9 Å². The molecule has 0 radical (unpaired) electrons. The predicted molar refractivity (Wildman–Crippen MR) is 120 cm³/mol. The Hall–Kier alpha value is -4.07. The molecule has 158 valence electrons. The monoisotopic (exact) mass is 417 g/mol. The van der Waals surface area contributed by atoms with Crippen LogP contribution in [0.15, 0.2) is 48.5 Å². The molecule has 0 saturated carbocycles. The molecule has 2 heterocycles. The summed E-state index contributed by atoms with van der Waals surface area (Å²) in [6, 6.07) is 14.1. The number of amidine groups is 1. The number of benzene rings is 2. The Labute approximate surface area is 179 Å². The molecule has 4 rings (SSSR count). The average Bonchev–Trinajstić information content (AvgIpc) is 3.15. The fraction of sp³-hybridized carbons (Fsp3) is 0.174. The van der Waals surface area contributed by atoms with Crippen molar-refractivity contribution in [2.45, 2.75) is 13.0 Å². The molecule has 0 bridgehead atoms. The molecule has 3 aromatic rings. The lowest BCUT2D eigenvalue weighted by molar-refractivity contribution is 0.0697. The lowest BCUT2D eigenvalue weighted by atomic mass is 9.97. The molecule has 2 aromatic carbocycles. The van der Waals surface area contributed by atoms with E-state index in [0.29, 0.717) is 40.5 Å². The van der Waals surface area contributed by atoms with Crippen molar-refractivity contribution in [2.24, 2.45) is 5.73 Å². The van der Waals surface area contributed by atoms with Gasteiger partial charge in [0.15, 0.2) is 0 Å². The maximum atomic E-state index is 11.8. The summed E-state index contributed by atoms with van der Waals surface area (Å²) in [5.74, 6) is -0.0557. The minimum absolute atomic E-state index is 0.0419. The summed E-state index contributed by atoms with van der Waals surface area (Å²) in [6.07, 6.45) is 0.827. The number of carbonyl (C=O) groups is 1. The van der Waals surface area contributed by atoms with E-state index in [-0.39, 0.29) is 11.4 Å². The van der Waals surface area contributed by atoms with Crippen molar-refractivity contribution in [3.8, 4) is 16.9 Å². The molecule has 0 unspecified atom stereocenters. The number of ether oxygens (including phenoxy) is 1. The van der Waals surface area contributed by atoms with Crippen LogP contribution in [0.5, 0.6) is 5.75 Å². The number of hydrogen-bond acceptors (Lipinski definition) is 6. The summed E-state index contributed by atoms with van der Waals surface area (Å²) in [6.45, 7) is 1.24. The van der Waals surface area contributed by atoms with E-state index in [0.717, 1.165) is 24.2 Å². The maximum Gasteiger partial charge on any atom is 0.336 e. The Balaban J connectivity index is 1.76. The molecule has 0 fully saturated rings. The Bertz CT molecular complexity index is 1190. The van der Waals surface area contributed by atoms with E-state index in [1.165, 1.54) is 13.2 Å². The van der Waals surface area contributed by atoms with Crippen LogP contribution >= 0.6 is 0 Å². The highest BCUT2D eigenvalue weighted by Gasteiger charge is 2.23. The van der Waals surface area contributed by atoms with Crippen LogP contribution in [0.25, 0.3) is 11.1 Å². The van der Waals surface area contributed by atoms with Crippen LogP contribution in [-0.4, -0.2) is 35.5 Å². The lowest BCUT2D eigenvalue weighted by Gasteiger charge is -2.22. The van der Waals surface area contributed by atoms with Crippen LogP contribution in [0, 0.1) is 5.41 Å². The SMILES string of the molecule is COc1ccc(C(=O)O)c(-c2ccc(N)nc2CN2CCc3cc(C(=N)N)ccc32)c1. The topological polar surface area (TPSA) is 139 Å². The zero-order valence-corrected chi connectivity index (χ0v) is 17.1. The Morgan fingerprint density at radius 2 is 2.00 bits per heavy atom. The number of carboxylic acids is 1. The molecule has 8 heteroatoms. The standard InChI is InChI=1S/C23H23N5O3/c1-31-15-3-4-17(23(29)30)18(11-15)16-5-7-21(24)27-19(16)12-28-9-8-13-10-14(22(25)26)2-6-20(13)28/h2-7,10-11H,8-9,12H2,1H3,(H2,24,27)(H3,25,26)(H,29,30). The number of nitrogen functional groups attached to an aromatic ring is 2. The highest BCUT2D eigenvalue weighted by molar-refractivity contribution is 5.97. The van der Waals surface area contributed by atoms with E-state index in [1.54, 1.807) is 24.3 Å². The van der Waals surface area contributed by atoms with Gasteiger partial charge < -0.3 is 26.2 Å². The summed E-state index contributed by atoms with van der Waals surface area (Å²) < 4.78 is 5.31. The highest BCUT2D eigenvalue weighted by atomic mass is 16.5. The minimum atomic E-state index is -1.02. The number of fused-ring (bicyclic) bond motifs is 1. The molecule has 0 atom stereocenters. The Morgan fingerprint density at radius 1 is 1.19 bits per heavy atom. The number of carboxylic acid groups (broad SMARTS) is 1. The third-order valence-electron chi connectivity index (χ3n) is 5.47. The predicted octanol–water partition coefficient (Wildman–Crippen LogP) is 2.88. The van der Waals surface area contributed by atoms with Gasteiger partial charge in [0.2, 0.25) is 0 Å². The van der Waals surface area contributed by atoms with E-state index < -0.39 is 5.97 Å². The van der Waals surface area contributed by atoms with Crippen molar-refractivity contribution >= 4 is 23.3 Å². The van der Waals surface area contributed by atoms with Crippen molar-refractivity contribution in [1.82, 2.24) is 4.98 Å². The first-order valence-corrected chi connectivity index (χ1v) is 9.76. The fourth-order valence-electron chi connectivity index (χ4n) is 3.93. The van der Waals surface area contributed by atoms with Gasteiger partial charge in [-0.2, -0.15) is 0 Å². The Kier molecular flexibility index (Phi) is 5.21. The number of rotatable bonds is 6. The van der Waals surface area contributed by atoms with Crippen LogP contribution < -0.4 is 21.1 Å². The molecule has 1 aliphatic rings. The molecule has 0 saturated heterocycles. The van der Waals surface area contributed by atoms with Gasteiger partial charge in [0.1, 0.15) is 17.4 Å². The first-order valence-electron chi connectivity index (χ1n) is 9.76. The van der Waals surface area contributed by atoms with Crippen LogP contribution in [0.4, 0.5) is 11.5 Å². The molecule has 0 spiro atoms. The zero-order chi connectivity index (χ0) is 22.1. The number of aromatic nitrogens is 1. The number of nitrogens with one attached hydrogen (secondary N) is 1. The summed E-state index contributed by atoms with van der Waals surface area (Å²) in [7, 11) is 1.54. The molecule has 6 N–H and O–H groups in total. The largest absolute Gasteiger partial charge is 0.497 e. The second kappa shape index (κ2) is 7.98. The minimum Gasteiger partial charge on any atom is -0.497 e. The second-order valence-electron chi connectivity index (χ2n) is 7.38. The van der Waals surface area contributed by atoms with Crippen molar-refractivity contribution in [3.05, 3.63) is 70.9 Å². The van der Waals surface area contributed by atoms with Gasteiger partial charge in [-0.15, -0.1) is 0 Å². The normalized spacial score (nSPS) is 12.5. The lowest BCUT2D eigenvalue weighted by Crippen LogP contribution is -2.21. The van der Waals surface area contributed by atoms with Gasteiger partial charge >= 0.3 is 5.97 Å². The number of pyridine rings is 1. The fourth-order valence-corrected chi connectivity index (χ4v) is 3.93. The third-order valence-corrected chi connectivity index (χ3v) is 5.47. The summed E-state index contributed by atoms with van der Waals surface area (Å²) in [5, 5.41) is 17.3. The molecule has 0 amide bonds. The van der Waals surface area contributed by atoms with Crippen molar-refractivity contribution in [1.29, 1.82) is 5.41 Å². The third kappa shape index (κ3) is 3.87. The van der Waals surface area contributed by atoms with Gasteiger partial charge in [-0.05, 0) is 60.5 Å². The number of anilines is 2. The molecule has 1 aliphatic heterocycles. The second-order valence-corrected chi connectivity index (χ2v) is 7.38. The van der Waals surface area contributed by atoms with Crippen molar-refractivity contribution in [2.75, 3.05) is 24.3 Å². The van der Waals surface area contributed by atoms with Gasteiger partial charge in [-0.25, -0.2) is 9.78 Å². The Morgan fingerprint density at radius 3 is 2.71 bits per heavy atom. The maximum absolute atomic E-state index is 11.8. The van der Waals surface area contributed by atoms with E-state index in [4.69, 9.17) is 21.6 Å². The van der Waals surface area contributed by atoms with Crippen molar-refractivity contribution < 1.29 is 14.6 Å². The first kappa shape index (κ1) is 20.2. The van der Waals surface area contributed by atoms with Gasteiger partial charge in [-0.1, -0.05) is 0 Å². The number of nitrogens with two attached hydrogens (primary N) is 2. The molecular weight excluding hydrogens is 394 g/mol. The summed E-state index contributed by atoms with van der Waals surface area (Å²) in [4.78, 5) is 18.6. The molecule has 1 aromatic heterocycles. The molecule has 0 aliphatic carbocycles. The smallest absolute Gasteiger partial charge is 0.336 e. The van der Waals surface area contributed by atoms with Crippen LogP contribution in [0.3, 0.4) is 0 Å². The van der Waals surface area contributed by atoms with Crippen LogP contribution in [-0.2, 0) is 13.0 Å². The van der Waals surface area contributed by atoms with Crippen LogP contribution in [0.2, 0.25) is 0 Å². The number of nitrogens with zero attached hydrogens (tertiary/aromatic N) is 2. The van der Waals surface area contributed by atoms with E-state index >= 15 is 0 Å². The molecular formula is C23H23N5O3. The molecule has 31 heavy (non-hydrogen) atoms. The summed E-state index contributed by atoms with van der Waals surface area (Å²) >= 11 is 0. The number of hydrogen-bond donors (Lipinski definition) is 4. The first-order chi connectivity index (χ1) is 14.9. The zero-order valence-electron chi connectivity index (χ0n) is 17.1. The van der Waals surface area contributed by atoms with Crippen molar-refractivity contribution in [3.63, 3.8) is 0 Å². The number of methoxy groups -OCH3 is 1. The van der Waals surface area contributed by atoms with E-state index in [9.17, 15) is 9.90 Å². The summed E-state index contributed by atoms with van der Waals surface area (Å²) in [5.41, 5.74) is 16.5. The van der Waals surface area contributed by atoms with Gasteiger partial charge in [-0.3, -0.25) is 5.41 Å². The van der Waals surface area contributed by atoms with E-state index in [2.05, 4.69) is 9.88 Å². The van der Waals surface area contributed by atoms with Crippen LogP contribution in [0.1, 0.15) is 27.2 Å².